The van der Waals surface area contributed by atoms with E-state index in [0.717, 1.165) is 43.3 Å². The minimum Gasteiger partial charge on any atom is -0.481 e. The van der Waals surface area contributed by atoms with Gasteiger partial charge in [0.15, 0.2) is 0 Å². The maximum Gasteiger partial charge on any atom is 0.313 e. The minimum atomic E-state index is -0.847. The molecule has 6 heteroatoms. The van der Waals surface area contributed by atoms with Crippen LogP contribution in [0.15, 0.2) is 5.16 Å². The molecule has 0 aliphatic heterocycles. The monoisotopic (exact) mass is 257 g/mol. The van der Waals surface area contributed by atoms with Crippen LogP contribution in [0.1, 0.15) is 51.3 Å². The Labute approximate surface area is 105 Å². The quantitative estimate of drug-likeness (QED) is 0.700. The molecule has 0 aliphatic carbocycles. The number of carboxylic acid groups (broad SMARTS) is 1. The van der Waals surface area contributed by atoms with Crippen molar-refractivity contribution in [3.05, 3.63) is 5.82 Å². The van der Waals surface area contributed by atoms with E-state index < -0.39 is 5.97 Å². The number of carbonyl (C=O) groups is 1. The van der Waals surface area contributed by atoms with Gasteiger partial charge in [-0.2, -0.15) is 0 Å². The van der Waals surface area contributed by atoms with Crippen molar-refractivity contribution in [2.75, 3.05) is 5.75 Å². The average Bonchev–Trinajstić information content (AvgIpc) is 2.74. The van der Waals surface area contributed by atoms with Gasteiger partial charge >= 0.3 is 5.97 Å². The summed E-state index contributed by atoms with van der Waals surface area (Å²) in [5.74, 6) is 0.460. The SMILES string of the molecule is CCCC(CCC)c1nc(SCC(=O)O)n[nH]1. The van der Waals surface area contributed by atoms with Crippen LogP contribution in [0.5, 0.6) is 0 Å². The second-order valence-electron chi connectivity index (χ2n) is 3.96. The van der Waals surface area contributed by atoms with Crippen LogP contribution in [-0.4, -0.2) is 32.0 Å². The highest BCUT2D eigenvalue weighted by Crippen LogP contribution is 2.24. The fraction of sp³-hybridized carbons (Fsp3) is 0.727. The molecule has 0 bridgehead atoms. The fourth-order valence-electron chi connectivity index (χ4n) is 1.75. The van der Waals surface area contributed by atoms with Crippen molar-refractivity contribution in [2.45, 2.75) is 50.6 Å². The van der Waals surface area contributed by atoms with Gasteiger partial charge in [-0.05, 0) is 12.8 Å². The second-order valence-corrected chi connectivity index (χ2v) is 4.90. The third-order valence-corrected chi connectivity index (χ3v) is 3.30. The maximum atomic E-state index is 10.4. The van der Waals surface area contributed by atoms with Gasteiger partial charge in [0.05, 0.1) is 5.75 Å². The molecule has 0 aromatic carbocycles. The van der Waals surface area contributed by atoms with Gasteiger partial charge < -0.3 is 5.11 Å². The number of thioether (sulfide) groups is 1. The molecule has 1 heterocycles. The highest BCUT2D eigenvalue weighted by Gasteiger charge is 2.15. The van der Waals surface area contributed by atoms with Crippen LogP contribution in [0.25, 0.3) is 0 Å². The minimum absolute atomic E-state index is 0.00349. The Morgan fingerprint density at radius 3 is 2.59 bits per heavy atom. The van der Waals surface area contributed by atoms with Gasteiger partial charge in [-0.25, -0.2) is 4.98 Å². The Balaban J connectivity index is 2.60. The number of carboxylic acids is 1. The van der Waals surface area contributed by atoms with Crippen molar-refractivity contribution in [3.8, 4) is 0 Å². The molecule has 0 radical (unpaired) electrons. The molecule has 1 rings (SSSR count). The van der Waals surface area contributed by atoms with Crippen molar-refractivity contribution in [1.29, 1.82) is 0 Å². The summed E-state index contributed by atoms with van der Waals surface area (Å²) < 4.78 is 0. The van der Waals surface area contributed by atoms with Crippen molar-refractivity contribution >= 4 is 17.7 Å². The highest BCUT2D eigenvalue weighted by molar-refractivity contribution is 7.99. The van der Waals surface area contributed by atoms with Gasteiger partial charge in [0, 0.05) is 5.92 Å². The van der Waals surface area contributed by atoms with Crippen molar-refractivity contribution < 1.29 is 9.90 Å². The van der Waals surface area contributed by atoms with E-state index in [-0.39, 0.29) is 5.75 Å². The van der Waals surface area contributed by atoms with Gasteiger partial charge in [0.25, 0.3) is 0 Å². The zero-order valence-electron chi connectivity index (χ0n) is 10.3. The Bertz CT molecular complexity index is 348. The molecule has 0 amide bonds. The lowest BCUT2D eigenvalue weighted by atomic mass is 9.98. The van der Waals surface area contributed by atoms with Crippen LogP contribution in [0, 0.1) is 0 Å². The molecule has 1 aromatic heterocycles. The average molecular weight is 257 g/mol. The standard InChI is InChI=1S/C11H19N3O2S/c1-3-5-8(6-4-2)10-12-11(14-13-10)17-7-9(15)16/h8H,3-7H2,1-2H3,(H,15,16)(H,12,13,14). The molecule has 1 aromatic rings. The molecule has 0 saturated carbocycles. The summed E-state index contributed by atoms with van der Waals surface area (Å²) in [6, 6.07) is 0. The number of H-pyrrole nitrogens is 1. The molecule has 0 fully saturated rings. The lowest BCUT2D eigenvalue weighted by Gasteiger charge is -2.10. The smallest absolute Gasteiger partial charge is 0.313 e. The first-order chi connectivity index (χ1) is 8.17. The van der Waals surface area contributed by atoms with Gasteiger partial charge in [0.2, 0.25) is 5.16 Å². The molecule has 0 spiro atoms. The van der Waals surface area contributed by atoms with E-state index in [9.17, 15) is 4.79 Å². The maximum absolute atomic E-state index is 10.4. The molecule has 5 nitrogen and oxygen atoms in total. The number of aromatic nitrogens is 3. The molecule has 17 heavy (non-hydrogen) atoms. The predicted octanol–water partition coefficient (Wildman–Crippen LogP) is 2.67. The lowest BCUT2D eigenvalue weighted by Crippen LogP contribution is -2.01. The molecule has 0 aliphatic rings. The van der Waals surface area contributed by atoms with E-state index in [1.807, 2.05) is 0 Å². The van der Waals surface area contributed by atoms with Gasteiger partial charge in [-0.3, -0.25) is 9.89 Å². The first-order valence-corrected chi connectivity index (χ1v) is 6.92. The second kappa shape index (κ2) is 7.32. The summed E-state index contributed by atoms with van der Waals surface area (Å²) >= 11 is 1.15. The van der Waals surface area contributed by atoms with E-state index in [0.29, 0.717) is 11.1 Å². The topological polar surface area (TPSA) is 78.9 Å². The van der Waals surface area contributed by atoms with E-state index in [1.54, 1.807) is 0 Å². The summed E-state index contributed by atoms with van der Waals surface area (Å²) in [5.41, 5.74) is 0. The first-order valence-electron chi connectivity index (χ1n) is 5.94. The molecule has 2 N–H and O–H groups in total. The Morgan fingerprint density at radius 1 is 1.41 bits per heavy atom. The Morgan fingerprint density at radius 2 is 2.06 bits per heavy atom. The van der Waals surface area contributed by atoms with E-state index in [1.165, 1.54) is 0 Å². The number of nitrogens with one attached hydrogen (secondary N) is 1. The molecular formula is C11H19N3O2S. The largest absolute Gasteiger partial charge is 0.481 e. The number of hydrogen-bond donors (Lipinski definition) is 2. The van der Waals surface area contributed by atoms with Crippen molar-refractivity contribution in [1.82, 2.24) is 15.2 Å². The summed E-state index contributed by atoms with van der Waals surface area (Å²) in [5, 5.41) is 16.1. The fourth-order valence-corrected chi connectivity index (χ4v) is 2.27. The van der Waals surface area contributed by atoms with Crippen LogP contribution >= 0.6 is 11.8 Å². The first kappa shape index (κ1) is 14.0. The van der Waals surface area contributed by atoms with E-state index in [2.05, 4.69) is 29.0 Å². The van der Waals surface area contributed by atoms with E-state index >= 15 is 0 Å². The number of rotatable bonds is 8. The van der Waals surface area contributed by atoms with Gasteiger partial charge in [-0.15, -0.1) is 5.10 Å². The van der Waals surface area contributed by atoms with Gasteiger partial charge in [-0.1, -0.05) is 38.5 Å². The normalized spacial score (nSPS) is 11.0. The molecule has 96 valence electrons. The third-order valence-electron chi connectivity index (χ3n) is 2.47. The van der Waals surface area contributed by atoms with Crippen molar-refractivity contribution in [2.24, 2.45) is 0 Å². The zero-order valence-corrected chi connectivity index (χ0v) is 11.1. The Kier molecular flexibility index (Phi) is 6.04. The number of hydrogen-bond acceptors (Lipinski definition) is 4. The molecular weight excluding hydrogens is 238 g/mol. The summed E-state index contributed by atoms with van der Waals surface area (Å²) in [6.45, 7) is 4.30. The van der Waals surface area contributed by atoms with Crippen LogP contribution in [-0.2, 0) is 4.79 Å². The van der Waals surface area contributed by atoms with Gasteiger partial charge in [0.1, 0.15) is 5.82 Å². The highest BCUT2D eigenvalue weighted by atomic mass is 32.2. The van der Waals surface area contributed by atoms with Crippen molar-refractivity contribution in [3.63, 3.8) is 0 Å². The third kappa shape index (κ3) is 4.77. The van der Waals surface area contributed by atoms with E-state index in [4.69, 9.17) is 5.11 Å². The van der Waals surface area contributed by atoms with Crippen LogP contribution in [0.2, 0.25) is 0 Å². The lowest BCUT2D eigenvalue weighted by molar-refractivity contribution is -0.133. The summed E-state index contributed by atoms with van der Waals surface area (Å²) in [4.78, 5) is 14.8. The van der Waals surface area contributed by atoms with Crippen LogP contribution < -0.4 is 0 Å². The predicted molar refractivity (Wildman–Crippen MR) is 67.3 cm³/mol. The van der Waals surface area contributed by atoms with Crippen LogP contribution in [0.3, 0.4) is 0 Å². The number of aromatic amines is 1. The number of nitrogens with zero attached hydrogens (tertiary/aromatic N) is 2. The zero-order chi connectivity index (χ0) is 12.7. The molecule has 0 unspecified atom stereocenters. The molecule has 0 saturated heterocycles. The van der Waals surface area contributed by atoms with Crippen LogP contribution in [0.4, 0.5) is 0 Å². The Hall–Kier alpha value is -1.04. The summed E-state index contributed by atoms with van der Waals surface area (Å²) in [6.07, 6.45) is 4.41. The summed E-state index contributed by atoms with van der Waals surface area (Å²) in [7, 11) is 0. The number of aliphatic carboxylic acids is 1. The molecule has 0 atom stereocenters.